The fourth-order valence-corrected chi connectivity index (χ4v) is 2.25. The maximum absolute atomic E-state index is 11.9. The third-order valence-electron chi connectivity index (χ3n) is 3.40. The molecule has 1 aliphatic carbocycles. The highest BCUT2D eigenvalue weighted by Crippen LogP contribution is 2.43. The molecule has 3 heteroatoms. The van der Waals surface area contributed by atoms with Crippen LogP contribution in [0.25, 0.3) is 0 Å². The van der Waals surface area contributed by atoms with E-state index in [1.54, 1.807) is 12.1 Å². The third kappa shape index (κ3) is 1.72. The lowest BCUT2D eigenvalue weighted by Crippen LogP contribution is -2.37. The van der Waals surface area contributed by atoms with E-state index in [9.17, 15) is 9.90 Å². The lowest BCUT2D eigenvalue weighted by atomic mass is 9.70. The predicted octanol–water partition coefficient (Wildman–Crippen LogP) is 2.46. The van der Waals surface area contributed by atoms with E-state index in [0.29, 0.717) is 12.2 Å². The van der Waals surface area contributed by atoms with Gasteiger partial charge in [-0.05, 0) is 31.9 Å². The highest BCUT2D eigenvalue weighted by molar-refractivity contribution is 5.85. The van der Waals surface area contributed by atoms with Gasteiger partial charge in [0.1, 0.15) is 17.6 Å². The van der Waals surface area contributed by atoms with E-state index in [0.717, 1.165) is 19.3 Å². The number of hydrogen-bond donors (Lipinski definition) is 1. The zero-order valence-corrected chi connectivity index (χ0v) is 8.90. The van der Waals surface area contributed by atoms with Crippen LogP contribution in [0.3, 0.4) is 0 Å². The summed E-state index contributed by atoms with van der Waals surface area (Å²) < 4.78 is 5.16. The molecule has 0 aromatic carbocycles. The zero-order chi connectivity index (χ0) is 10.9. The Balaban J connectivity index is 2.24. The van der Waals surface area contributed by atoms with E-state index in [2.05, 4.69) is 0 Å². The normalized spacial score (nSPS) is 29.1. The molecule has 0 bridgehead atoms. The number of rotatable bonds is 2. The molecule has 0 saturated heterocycles. The second-order valence-electron chi connectivity index (χ2n) is 4.47. The van der Waals surface area contributed by atoms with Gasteiger partial charge in [-0.25, -0.2) is 0 Å². The molecule has 15 heavy (non-hydrogen) atoms. The molecule has 2 rings (SSSR count). The van der Waals surface area contributed by atoms with Gasteiger partial charge in [-0.1, -0.05) is 6.42 Å². The molecule has 1 N–H and O–H groups in total. The van der Waals surface area contributed by atoms with Crippen LogP contribution in [-0.4, -0.2) is 10.9 Å². The summed E-state index contributed by atoms with van der Waals surface area (Å²) in [5, 5.41) is 10.1. The van der Waals surface area contributed by atoms with Gasteiger partial charge in [-0.15, -0.1) is 0 Å². The van der Waals surface area contributed by atoms with Gasteiger partial charge in [0.05, 0.1) is 11.7 Å². The first kappa shape index (κ1) is 10.4. The summed E-state index contributed by atoms with van der Waals surface area (Å²) in [5.74, 6) is 0.644. The number of hydrogen-bond acceptors (Lipinski definition) is 3. The van der Waals surface area contributed by atoms with E-state index in [1.807, 2.05) is 6.92 Å². The van der Waals surface area contributed by atoms with Crippen LogP contribution >= 0.6 is 0 Å². The minimum absolute atomic E-state index is 0.151. The van der Waals surface area contributed by atoms with E-state index in [4.69, 9.17) is 4.42 Å². The van der Waals surface area contributed by atoms with Crippen molar-refractivity contribution in [2.45, 2.75) is 38.7 Å². The number of aliphatic hydroxyl groups is 1. The molecule has 1 aromatic rings. The molecule has 1 aliphatic rings. The van der Waals surface area contributed by atoms with Crippen molar-refractivity contribution < 1.29 is 14.3 Å². The number of carbonyl (C=O) groups excluding carboxylic acids is 1. The summed E-state index contributed by atoms with van der Waals surface area (Å²) in [5.41, 5.74) is -0.657. The first-order chi connectivity index (χ1) is 7.14. The lowest BCUT2D eigenvalue weighted by Gasteiger charge is -2.35. The van der Waals surface area contributed by atoms with Crippen molar-refractivity contribution in [3.63, 3.8) is 0 Å². The molecule has 0 radical (unpaired) electrons. The smallest absolute Gasteiger partial charge is 0.141 e. The first-order valence-electron chi connectivity index (χ1n) is 5.39. The standard InChI is InChI=1S/C12H16O3/c1-12(7-3-2-6-10(12)13)11(14)9-5-4-8-15-9/h4-5,8,11,14H,2-3,6-7H2,1H3. The van der Waals surface area contributed by atoms with Crippen molar-refractivity contribution in [3.05, 3.63) is 24.2 Å². The molecule has 2 atom stereocenters. The molecular weight excluding hydrogens is 192 g/mol. The van der Waals surface area contributed by atoms with Gasteiger partial charge in [0.15, 0.2) is 0 Å². The molecular formula is C12H16O3. The Hall–Kier alpha value is -1.09. The lowest BCUT2D eigenvalue weighted by molar-refractivity contribution is -0.139. The summed E-state index contributed by atoms with van der Waals surface area (Å²) in [4.78, 5) is 11.9. The Morgan fingerprint density at radius 3 is 2.93 bits per heavy atom. The zero-order valence-electron chi connectivity index (χ0n) is 8.90. The number of furan rings is 1. The summed E-state index contributed by atoms with van der Waals surface area (Å²) in [6.45, 7) is 1.84. The van der Waals surface area contributed by atoms with Gasteiger partial charge in [-0.2, -0.15) is 0 Å². The number of ketones is 1. The monoisotopic (exact) mass is 208 g/mol. The quantitative estimate of drug-likeness (QED) is 0.812. The van der Waals surface area contributed by atoms with Crippen LogP contribution in [0.15, 0.2) is 22.8 Å². The van der Waals surface area contributed by atoms with Gasteiger partial charge in [0.2, 0.25) is 0 Å². The summed E-state index contributed by atoms with van der Waals surface area (Å²) in [6, 6.07) is 3.45. The van der Waals surface area contributed by atoms with Crippen LogP contribution < -0.4 is 0 Å². The minimum Gasteiger partial charge on any atom is -0.467 e. The van der Waals surface area contributed by atoms with Crippen molar-refractivity contribution in [2.75, 3.05) is 0 Å². The number of Topliss-reactive ketones (excluding diaryl/α,β-unsaturated/α-hetero) is 1. The second kappa shape index (κ2) is 3.81. The van der Waals surface area contributed by atoms with E-state index < -0.39 is 11.5 Å². The van der Waals surface area contributed by atoms with E-state index >= 15 is 0 Å². The van der Waals surface area contributed by atoms with Crippen molar-refractivity contribution in [3.8, 4) is 0 Å². The van der Waals surface area contributed by atoms with Crippen molar-refractivity contribution in [1.82, 2.24) is 0 Å². The summed E-state index contributed by atoms with van der Waals surface area (Å²) in [7, 11) is 0. The maximum Gasteiger partial charge on any atom is 0.141 e. The summed E-state index contributed by atoms with van der Waals surface area (Å²) >= 11 is 0. The molecule has 1 aromatic heterocycles. The second-order valence-corrected chi connectivity index (χ2v) is 4.47. The number of aliphatic hydroxyl groups excluding tert-OH is 1. The van der Waals surface area contributed by atoms with Gasteiger partial charge in [-0.3, -0.25) is 4.79 Å². The fourth-order valence-electron chi connectivity index (χ4n) is 2.25. The Labute approximate surface area is 89.1 Å². The molecule has 1 fully saturated rings. The Morgan fingerprint density at radius 1 is 1.53 bits per heavy atom. The molecule has 0 amide bonds. The third-order valence-corrected chi connectivity index (χ3v) is 3.40. The topological polar surface area (TPSA) is 50.4 Å². The SMILES string of the molecule is CC1(C(O)c2ccco2)CCCCC1=O. The highest BCUT2D eigenvalue weighted by Gasteiger charge is 2.43. The highest BCUT2D eigenvalue weighted by atomic mass is 16.4. The summed E-state index contributed by atoms with van der Waals surface area (Å²) in [6.07, 6.45) is 3.98. The van der Waals surface area contributed by atoms with Gasteiger partial charge in [0, 0.05) is 6.42 Å². The fraction of sp³-hybridized carbons (Fsp3) is 0.583. The van der Waals surface area contributed by atoms with E-state index in [1.165, 1.54) is 6.26 Å². The first-order valence-corrected chi connectivity index (χ1v) is 5.39. The molecule has 0 spiro atoms. The molecule has 1 heterocycles. The van der Waals surface area contributed by atoms with Crippen molar-refractivity contribution >= 4 is 5.78 Å². The van der Waals surface area contributed by atoms with Crippen molar-refractivity contribution in [2.24, 2.45) is 5.41 Å². The number of carbonyl (C=O) groups is 1. The van der Waals surface area contributed by atoms with Crippen LogP contribution in [0.2, 0.25) is 0 Å². The predicted molar refractivity (Wildman–Crippen MR) is 55.2 cm³/mol. The van der Waals surface area contributed by atoms with Gasteiger partial charge in [0.25, 0.3) is 0 Å². The van der Waals surface area contributed by atoms with Crippen LogP contribution in [0.5, 0.6) is 0 Å². The molecule has 1 saturated carbocycles. The van der Waals surface area contributed by atoms with Crippen molar-refractivity contribution in [1.29, 1.82) is 0 Å². The molecule has 0 aliphatic heterocycles. The van der Waals surface area contributed by atoms with Crippen LogP contribution in [-0.2, 0) is 4.79 Å². The average molecular weight is 208 g/mol. The molecule has 2 unspecified atom stereocenters. The van der Waals surface area contributed by atoms with Gasteiger partial charge < -0.3 is 9.52 Å². The van der Waals surface area contributed by atoms with Crippen LogP contribution in [0, 0.1) is 5.41 Å². The Kier molecular flexibility index (Phi) is 2.65. The Bertz CT molecular complexity index is 342. The molecule has 3 nitrogen and oxygen atoms in total. The van der Waals surface area contributed by atoms with Crippen LogP contribution in [0.1, 0.15) is 44.5 Å². The largest absolute Gasteiger partial charge is 0.467 e. The van der Waals surface area contributed by atoms with Crippen LogP contribution in [0.4, 0.5) is 0 Å². The van der Waals surface area contributed by atoms with E-state index in [-0.39, 0.29) is 5.78 Å². The average Bonchev–Trinajstić information content (AvgIpc) is 2.74. The maximum atomic E-state index is 11.9. The molecule has 82 valence electrons. The van der Waals surface area contributed by atoms with Gasteiger partial charge >= 0.3 is 0 Å². The minimum atomic E-state index is -0.805. The Morgan fingerprint density at radius 2 is 2.33 bits per heavy atom.